The van der Waals surface area contributed by atoms with E-state index in [0.717, 1.165) is 18.1 Å². The molecule has 21 heavy (non-hydrogen) atoms. The van der Waals surface area contributed by atoms with Gasteiger partial charge in [-0.1, -0.05) is 37.9 Å². The van der Waals surface area contributed by atoms with Gasteiger partial charge < -0.3 is 10.2 Å². The van der Waals surface area contributed by atoms with Crippen molar-refractivity contribution >= 4 is 17.3 Å². The maximum absolute atomic E-state index is 6.60. The van der Waals surface area contributed by atoms with Gasteiger partial charge in [0.2, 0.25) is 0 Å². The van der Waals surface area contributed by atoms with Crippen LogP contribution in [0.15, 0.2) is 18.2 Å². The van der Waals surface area contributed by atoms with E-state index in [0.29, 0.717) is 12.1 Å². The number of halogens is 1. The molecule has 1 aromatic rings. The molecule has 118 valence electrons. The average molecular weight is 309 g/mol. The maximum atomic E-state index is 6.60. The zero-order chi connectivity index (χ0) is 15.2. The van der Waals surface area contributed by atoms with Gasteiger partial charge in [-0.25, -0.2) is 0 Å². The highest BCUT2D eigenvalue weighted by molar-refractivity contribution is 6.33. The minimum absolute atomic E-state index is 0.356. The Labute approximate surface area is 134 Å². The Hall–Kier alpha value is -0.730. The molecular weight excluding hydrogens is 280 g/mol. The van der Waals surface area contributed by atoms with Crippen molar-refractivity contribution in [2.24, 2.45) is 0 Å². The van der Waals surface area contributed by atoms with Crippen LogP contribution in [0.25, 0.3) is 0 Å². The standard InChI is InChI=1S/C18H29ClN2/c1-4-8-16-9-6-7-12-21(16)18-11-10-15(13-17(18)19)14(3)20-5-2/h10-11,13-14,16,20H,4-9,12H2,1-3H3. The molecule has 1 aromatic carbocycles. The summed E-state index contributed by atoms with van der Waals surface area (Å²) in [5.41, 5.74) is 2.50. The van der Waals surface area contributed by atoms with Crippen molar-refractivity contribution < 1.29 is 0 Å². The molecule has 1 aliphatic rings. The van der Waals surface area contributed by atoms with Crippen LogP contribution in [-0.4, -0.2) is 19.1 Å². The van der Waals surface area contributed by atoms with Crippen molar-refractivity contribution in [3.63, 3.8) is 0 Å². The zero-order valence-corrected chi connectivity index (χ0v) is 14.4. The summed E-state index contributed by atoms with van der Waals surface area (Å²) < 4.78 is 0. The summed E-state index contributed by atoms with van der Waals surface area (Å²) in [5, 5.41) is 4.35. The van der Waals surface area contributed by atoms with Crippen LogP contribution in [0.5, 0.6) is 0 Å². The largest absolute Gasteiger partial charge is 0.367 e. The van der Waals surface area contributed by atoms with Crippen LogP contribution < -0.4 is 10.2 Å². The van der Waals surface area contributed by atoms with Crippen LogP contribution in [0.4, 0.5) is 5.69 Å². The number of nitrogens with one attached hydrogen (secondary N) is 1. The molecule has 0 saturated carbocycles. The highest BCUT2D eigenvalue weighted by atomic mass is 35.5. The van der Waals surface area contributed by atoms with E-state index in [1.807, 2.05) is 0 Å². The fourth-order valence-corrected chi connectivity index (χ4v) is 3.70. The third-order valence-electron chi connectivity index (χ3n) is 4.54. The summed E-state index contributed by atoms with van der Waals surface area (Å²) in [6, 6.07) is 7.61. The number of nitrogens with zero attached hydrogens (tertiary/aromatic N) is 1. The van der Waals surface area contributed by atoms with Crippen LogP contribution in [0, 0.1) is 0 Å². The molecule has 2 nitrogen and oxygen atoms in total. The SMILES string of the molecule is CCCC1CCCCN1c1ccc(C(C)NCC)cc1Cl. The van der Waals surface area contributed by atoms with Gasteiger partial charge in [-0.2, -0.15) is 0 Å². The fourth-order valence-electron chi connectivity index (χ4n) is 3.40. The summed E-state index contributed by atoms with van der Waals surface area (Å²) in [5.74, 6) is 0. The molecule has 2 rings (SSSR count). The summed E-state index contributed by atoms with van der Waals surface area (Å²) in [6.07, 6.45) is 6.46. The molecule has 0 aliphatic carbocycles. The van der Waals surface area contributed by atoms with Crippen molar-refractivity contribution in [1.82, 2.24) is 5.32 Å². The van der Waals surface area contributed by atoms with Crippen molar-refractivity contribution in [2.75, 3.05) is 18.0 Å². The minimum atomic E-state index is 0.356. The molecule has 1 heterocycles. The molecule has 1 fully saturated rings. The summed E-state index contributed by atoms with van der Waals surface area (Å²) in [6.45, 7) is 8.72. The van der Waals surface area contributed by atoms with E-state index in [1.165, 1.54) is 43.4 Å². The van der Waals surface area contributed by atoms with Gasteiger partial charge in [0.15, 0.2) is 0 Å². The lowest BCUT2D eigenvalue weighted by Gasteiger charge is -2.38. The van der Waals surface area contributed by atoms with E-state index in [9.17, 15) is 0 Å². The molecular formula is C18H29ClN2. The molecule has 0 spiro atoms. The fraction of sp³-hybridized carbons (Fsp3) is 0.667. The Morgan fingerprint density at radius 2 is 2.14 bits per heavy atom. The Bertz CT molecular complexity index is 445. The number of benzene rings is 1. The number of piperidine rings is 1. The van der Waals surface area contributed by atoms with Crippen LogP contribution >= 0.6 is 11.6 Å². The van der Waals surface area contributed by atoms with E-state index in [4.69, 9.17) is 11.6 Å². The second-order valence-electron chi connectivity index (χ2n) is 6.12. The van der Waals surface area contributed by atoms with E-state index in [1.54, 1.807) is 0 Å². The molecule has 1 saturated heterocycles. The number of anilines is 1. The lowest BCUT2D eigenvalue weighted by Crippen LogP contribution is -2.39. The van der Waals surface area contributed by atoms with Crippen molar-refractivity contribution in [3.8, 4) is 0 Å². The van der Waals surface area contributed by atoms with Crippen molar-refractivity contribution in [2.45, 2.75) is 65.0 Å². The quantitative estimate of drug-likeness (QED) is 0.780. The predicted molar refractivity (Wildman–Crippen MR) is 93.4 cm³/mol. The normalized spacial score (nSPS) is 20.6. The summed E-state index contributed by atoms with van der Waals surface area (Å²) in [7, 11) is 0. The number of rotatable bonds is 6. The van der Waals surface area contributed by atoms with Gasteiger partial charge in [0, 0.05) is 18.6 Å². The number of hydrogen-bond acceptors (Lipinski definition) is 2. The Morgan fingerprint density at radius 3 is 2.81 bits per heavy atom. The Morgan fingerprint density at radius 1 is 1.33 bits per heavy atom. The molecule has 0 bridgehead atoms. The number of hydrogen-bond donors (Lipinski definition) is 1. The van der Waals surface area contributed by atoms with E-state index in [2.05, 4.69) is 49.2 Å². The van der Waals surface area contributed by atoms with E-state index in [-0.39, 0.29) is 0 Å². The second kappa shape index (κ2) is 8.05. The van der Waals surface area contributed by atoms with Crippen LogP contribution in [-0.2, 0) is 0 Å². The van der Waals surface area contributed by atoms with Gasteiger partial charge in [-0.3, -0.25) is 0 Å². The van der Waals surface area contributed by atoms with Crippen LogP contribution in [0.2, 0.25) is 5.02 Å². The molecule has 2 unspecified atom stereocenters. The van der Waals surface area contributed by atoms with Gasteiger partial charge in [0.1, 0.15) is 0 Å². The first kappa shape index (κ1) is 16.6. The molecule has 2 atom stereocenters. The van der Waals surface area contributed by atoms with Gasteiger partial charge in [-0.15, -0.1) is 0 Å². The molecule has 0 amide bonds. The van der Waals surface area contributed by atoms with Gasteiger partial charge in [0.05, 0.1) is 10.7 Å². The highest BCUT2D eigenvalue weighted by Crippen LogP contribution is 2.34. The van der Waals surface area contributed by atoms with Crippen molar-refractivity contribution in [1.29, 1.82) is 0 Å². The molecule has 1 N–H and O–H groups in total. The smallest absolute Gasteiger partial charge is 0.0642 e. The van der Waals surface area contributed by atoms with Gasteiger partial charge in [0.25, 0.3) is 0 Å². The second-order valence-corrected chi connectivity index (χ2v) is 6.53. The van der Waals surface area contributed by atoms with Crippen molar-refractivity contribution in [3.05, 3.63) is 28.8 Å². The molecule has 0 aromatic heterocycles. The lowest BCUT2D eigenvalue weighted by atomic mass is 9.97. The van der Waals surface area contributed by atoms with E-state index < -0.39 is 0 Å². The first-order chi connectivity index (χ1) is 10.2. The topological polar surface area (TPSA) is 15.3 Å². The zero-order valence-electron chi connectivity index (χ0n) is 13.7. The Kier molecular flexibility index (Phi) is 6.38. The van der Waals surface area contributed by atoms with Gasteiger partial charge in [-0.05, 0) is 56.8 Å². The summed E-state index contributed by atoms with van der Waals surface area (Å²) in [4.78, 5) is 2.54. The van der Waals surface area contributed by atoms with Gasteiger partial charge >= 0.3 is 0 Å². The maximum Gasteiger partial charge on any atom is 0.0642 e. The van der Waals surface area contributed by atoms with E-state index >= 15 is 0 Å². The highest BCUT2D eigenvalue weighted by Gasteiger charge is 2.23. The minimum Gasteiger partial charge on any atom is -0.367 e. The molecule has 3 heteroatoms. The Balaban J connectivity index is 2.18. The van der Waals surface area contributed by atoms with Crippen LogP contribution in [0.3, 0.4) is 0 Å². The summed E-state index contributed by atoms with van der Waals surface area (Å²) >= 11 is 6.60. The first-order valence-corrected chi connectivity index (χ1v) is 8.84. The third-order valence-corrected chi connectivity index (χ3v) is 4.84. The monoisotopic (exact) mass is 308 g/mol. The predicted octanol–water partition coefficient (Wildman–Crippen LogP) is 5.17. The van der Waals surface area contributed by atoms with Crippen LogP contribution in [0.1, 0.15) is 64.5 Å². The molecule has 1 aliphatic heterocycles. The lowest BCUT2D eigenvalue weighted by molar-refractivity contribution is 0.435. The molecule has 0 radical (unpaired) electrons. The third kappa shape index (κ3) is 4.14. The first-order valence-electron chi connectivity index (χ1n) is 8.46. The average Bonchev–Trinajstić information content (AvgIpc) is 2.48.